The number of hydrogen-bond donors (Lipinski definition) is 0. The molecule has 0 aliphatic carbocycles. The van der Waals surface area contributed by atoms with Gasteiger partial charge in [-0.05, 0) is 184 Å². The highest BCUT2D eigenvalue weighted by Crippen LogP contribution is 2.38. The van der Waals surface area contributed by atoms with Gasteiger partial charge in [0.1, 0.15) is 0 Å². The average Bonchev–Trinajstić information content (AvgIpc) is 0.829. The minimum Gasteiger partial charge on any atom is -0.339 e. The number of ketones is 1. The maximum absolute atomic E-state index is 13.3. The first kappa shape index (κ1) is 89.2. The molecule has 115 heavy (non-hydrogen) atoms. The first-order valence-corrected chi connectivity index (χ1v) is 43.8. The molecule has 3 fully saturated rings. The highest BCUT2D eigenvalue weighted by atomic mass is 16.2. The van der Waals surface area contributed by atoms with Gasteiger partial charge in [-0.1, -0.05) is 357 Å². The summed E-state index contributed by atoms with van der Waals surface area (Å²) in [4.78, 5) is 61.3. The summed E-state index contributed by atoms with van der Waals surface area (Å²) < 4.78 is 0. The standard InChI is InChI=1S/C28H33N.C26H35NO.C26H33NO.C24H27NO2.C3H6/c1-23-19-27(20-25-13-7-3-8-14-25)22-28(21-26-15-9-4-10-16-26)29(23)18-17-24-11-5-2-6-12-24;2*1-3-5-16-24-20-27(26(28)18-22-14-10-7-11-15-22)25(19-23(24)4-2)17-21-12-8-6-9-13-21;1-2-3-14-21-18-25(24(27)16-20-12-8-5-9-13-20)22(17-23(21)26)15-19-10-6-4-7-11-19;1-3-2/h2-16,23,27-28H,17-22H2,1H3;6-15,23-25H,3-5,16-20H2,1-2H3;4,6-15,24-25H,3,5,16-20H2,1-2H3;4-13,18,22H,2-3,14-17H2,1H3;3H,1H2,2H3/b;;23-4-;;/t23-,27?,28+;23-,24+,25-;24-,25+;;/m101../s1. The van der Waals surface area contributed by atoms with Gasteiger partial charge in [0.25, 0.3) is 0 Å². The number of hydrogen-bond acceptors (Lipinski definition) is 5. The van der Waals surface area contributed by atoms with Crippen LogP contribution in [-0.2, 0) is 77.0 Å². The SMILES string of the molecule is C/C=C1/C[C@H](Cc2ccccc2)N(C(=O)Cc2ccccc2)C[C@H]1CCCC.C=CC.CCCCC1=CN(C(=O)Cc2ccccc2)C(Cc2ccccc2)CC1=O.CCCC[C@@H]1CN(C(=O)Cc2ccccc2)[C@@H](Cc2ccccc2)C[C@@H]1CC.C[C@@H]1CC(Cc2ccccc2)C[C@H](Cc2ccccc2)N1CCc1ccccc1. The van der Waals surface area contributed by atoms with E-state index < -0.39 is 0 Å². The summed E-state index contributed by atoms with van der Waals surface area (Å²) in [5.74, 6) is 3.48. The Labute approximate surface area is 693 Å². The molecule has 0 radical (unpaired) electrons. The molecule has 606 valence electrons. The van der Waals surface area contributed by atoms with Gasteiger partial charge in [-0.15, -0.1) is 6.58 Å². The summed E-state index contributed by atoms with van der Waals surface area (Å²) in [7, 11) is 0. The number of Topliss-reactive ketones (excluding diaryl/α,β-unsaturated/α-hetero) is 1. The predicted molar refractivity (Wildman–Crippen MR) is 482 cm³/mol. The third-order valence-electron chi connectivity index (χ3n) is 23.9. The van der Waals surface area contributed by atoms with Crippen molar-refractivity contribution in [2.24, 2.45) is 23.7 Å². The van der Waals surface area contributed by atoms with Crippen LogP contribution in [0.25, 0.3) is 0 Å². The monoisotopic (exact) mass is 1540 g/mol. The molecule has 0 N–H and O–H groups in total. The second kappa shape index (κ2) is 49.9. The van der Waals surface area contributed by atoms with Crippen molar-refractivity contribution >= 4 is 23.5 Å². The predicted octanol–water partition coefficient (Wildman–Crippen LogP) is 23.8. The smallest absolute Gasteiger partial charge is 0.231 e. The molecule has 4 heterocycles. The fraction of sp³-hybridized carbons (Fsp3) is 0.402. The molecule has 0 saturated carbocycles. The van der Waals surface area contributed by atoms with E-state index >= 15 is 0 Å². The summed E-state index contributed by atoms with van der Waals surface area (Å²) in [6, 6.07) is 96.3. The van der Waals surface area contributed by atoms with E-state index in [1.165, 1.54) is 97.6 Å². The van der Waals surface area contributed by atoms with Crippen molar-refractivity contribution in [2.45, 2.75) is 233 Å². The molecule has 9 atom stereocenters. The van der Waals surface area contributed by atoms with Gasteiger partial charge in [0.05, 0.1) is 19.3 Å². The number of carbonyl (C=O) groups is 4. The fourth-order valence-corrected chi connectivity index (χ4v) is 17.8. The van der Waals surface area contributed by atoms with E-state index in [2.05, 4.69) is 257 Å². The van der Waals surface area contributed by atoms with E-state index in [9.17, 15) is 19.2 Å². The number of carbonyl (C=O) groups excluding carboxylic acids is 4. The fourth-order valence-electron chi connectivity index (χ4n) is 17.8. The lowest BCUT2D eigenvalue weighted by molar-refractivity contribution is -0.137. The normalized spacial score (nSPS) is 20.3. The minimum atomic E-state index is -0.110. The van der Waals surface area contributed by atoms with Gasteiger partial charge < -0.3 is 14.7 Å². The van der Waals surface area contributed by atoms with Crippen LogP contribution < -0.4 is 0 Å². The van der Waals surface area contributed by atoms with Crippen molar-refractivity contribution in [2.75, 3.05) is 19.6 Å². The van der Waals surface area contributed by atoms with Crippen LogP contribution in [0.5, 0.6) is 0 Å². The lowest BCUT2D eigenvalue weighted by atomic mass is 9.76. The number of allylic oxidation sites excluding steroid dienone is 3. The van der Waals surface area contributed by atoms with Crippen molar-refractivity contribution < 1.29 is 19.2 Å². The Kier molecular flexibility index (Phi) is 38.7. The molecule has 8 nitrogen and oxygen atoms in total. The Bertz CT molecular complexity index is 4270. The third-order valence-corrected chi connectivity index (χ3v) is 23.9. The Balaban J connectivity index is 0.000000173. The first-order chi connectivity index (χ1) is 56.3. The number of amides is 3. The van der Waals surface area contributed by atoms with E-state index in [1.54, 1.807) is 6.08 Å². The van der Waals surface area contributed by atoms with E-state index in [0.717, 1.165) is 117 Å². The van der Waals surface area contributed by atoms with Gasteiger partial charge in [0.2, 0.25) is 17.7 Å². The number of nitrogens with zero attached hydrogens (tertiary/aromatic N) is 4. The summed E-state index contributed by atoms with van der Waals surface area (Å²) >= 11 is 0. The van der Waals surface area contributed by atoms with Crippen LogP contribution in [0.15, 0.2) is 309 Å². The average molecular weight is 1540 g/mol. The molecule has 4 aliphatic rings. The Hall–Kier alpha value is -9.76. The molecule has 0 bridgehead atoms. The van der Waals surface area contributed by atoms with Crippen LogP contribution in [0.2, 0.25) is 0 Å². The molecule has 4 aliphatic heterocycles. The molecular weight excluding hydrogens is 1410 g/mol. The maximum atomic E-state index is 13.3. The Morgan fingerprint density at radius 3 is 1.22 bits per heavy atom. The van der Waals surface area contributed by atoms with E-state index in [4.69, 9.17) is 0 Å². The molecule has 13 rings (SSSR count). The second-order valence-electron chi connectivity index (χ2n) is 32.6. The van der Waals surface area contributed by atoms with Crippen LogP contribution in [0.1, 0.15) is 195 Å². The van der Waals surface area contributed by atoms with E-state index in [0.29, 0.717) is 68.0 Å². The highest BCUT2D eigenvalue weighted by Gasteiger charge is 2.39. The molecule has 0 aromatic heterocycles. The molecule has 3 amide bonds. The molecular formula is C107H134N4O4. The number of benzene rings is 9. The zero-order chi connectivity index (χ0) is 81.2. The lowest BCUT2D eigenvalue weighted by Crippen LogP contribution is -2.51. The third kappa shape index (κ3) is 29.8. The molecule has 9 aromatic carbocycles. The van der Waals surface area contributed by atoms with Crippen LogP contribution >= 0.6 is 0 Å². The molecule has 2 unspecified atom stereocenters. The van der Waals surface area contributed by atoms with E-state index in [-0.39, 0.29) is 29.7 Å². The summed E-state index contributed by atoms with van der Waals surface area (Å²) in [6.45, 7) is 21.8. The summed E-state index contributed by atoms with van der Waals surface area (Å²) in [6.07, 6.45) is 29.9. The first-order valence-electron chi connectivity index (χ1n) is 43.8. The molecule has 0 spiro atoms. The molecule has 9 aromatic rings. The van der Waals surface area contributed by atoms with Crippen molar-refractivity contribution in [1.82, 2.24) is 19.6 Å². The summed E-state index contributed by atoms with van der Waals surface area (Å²) in [5, 5.41) is 0. The van der Waals surface area contributed by atoms with Gasteiger partial charge in [-0.2, -0.15) is 0 Å². The maximum Gasteiger partial charge on any atom is 0.231 e. The van der Waals surface area contributed by atoms with Gasteiger partial charge in [0, 0.05) is 68.0 Å². The zero-order valence-corrected chi connectivity index (χ0v) is 70.6. The quantitative estimate of drug-likeness (QED) is 0.0436. The molecule has 8 heteroatoms. The topological polar surface area (TPSA) is 81.2 Å². The highest BCUT2D eigenvalue weighted by molar-refractivity contribution is 5.98. The lowest BCUT2D eigenvalue weighted by Gasteiger charge is -2.44. The largest absolute Gasteiger partial charge is 0.339 e. The van der Waals surface area contributed by atoms with Crippen LogP contribution in [0.4, 0.5) is 0 Å². The second-order valence-corrected chi connectivity index (χ2v) is 32.6. The van der Waals surface area contributed by atoms with E-state index in [1.807, 2.05) is 103 Å². The Morgan fingerprint density at radius 2 is 0.783 bits per heavy atom. The number of piperidine rings is 3. The van der Waals surface area contributed by atoms with Gasteiger partial charge in [-0.3, -0.25) is 24.1 Å². The molecule has 3 saturated heterocycles. The van der Waals surface area contributed by atoms with Crippen molar-refractivity contribution in [3.05, 3.63) is 359 Å². The van der Waals surface area contributed by atoms with Crippen LogP contribution in [0.3, 0.4) is 0 Å². The Morgan fingerprint density at radius 1 is 0.400 bits per heavy atom. The van der Waals surface area contributed by atoms with Gasteiger partial charge in [-0.25, -0.2) is 0 Å². The van der Waals surface area contributed by atoms with Crippen LogP contribution in [0, 0.1) is 23.7 Å². The van der Waals surface area contributed by atoms with Crippen molar-refractivity contribution in [3.63, 3.8) is 0 Å². The van der Waals surface area contributed by atoms with Gasteiger partial charge in [0.15, 0.2) is 5.78 Å². The minimum absolute atomic E-state index is 0.0589. The van der Waals surface area contributed by atoms with Crippen molar-refractivity contribution in [3.8, 4) is 0 Å². The zero-order valence-electron chi connectivity index (χ0n) is 70.6. The van der Waals surface area contributed by atoms with Gasteiger partial charge >= 0.3 is 0 Å². The number of likely N-dealkylation sites (tertiary alicyclic amines) is 3. The number of unbranched alkanes of at least 4 members (excludes halogenated alkanes) is 3. The number of rotatable bonds is 29. The van der Waals surface area contributed by atoms with Crippen molar-refractivity contribution in [1.29, 1.82) is 0 Å². The van der Waals surface area contributed by atoms with Crippen LogP contribution in [-0.4, -0.2) is 92.9 Å². The summed E-state index contributed by atoms with van der Waals surface area (Å²) in [5.41, 5.74) is 13.8.